The van der Waals surface area contributed by atoms with Crippen molar-refractivity contribution in [2.45, 2.75) is 13.0 Å². The van der Waals surface area contributed by atoms with Gasteiger partial charge in [0.05, 0.1) is 13.2 Å². The van der Waals surface area contributed by atoms with Crippen molar-refractivity contribution in [2.24, 2.45) is 0 Å². The van der Waals surface area contributed by atoms with Crippen molar-refractivity contribution in [2.75, 3.05) is 7.11 Å². The number of carbonyl (C=O) groups excluding carboxylic acids is 1. The van der Waals surface area contributed by atoms with E-state index in [1.54, 1.807) is 11.1 Å². The lowest BCUT2D eigenvalue weighted by molar-refractivity contribution is 0.132. The number of methoxy groups -OCH3 is 1. The Bertz CT molecular complexity index is 762. The number of rotatable bonds is 2. The van der Waals surface area contributed by atoms with Gasteiger partial charge in [-0.3, -0.25) is 4.90 Å². The van der Waals surface area contributed by atoms with Gasteiger partial charge in [-0.2, -0.15) is 0 Å². The monoisotopic (exact) mass is 305 g/mol. The van der Waals surface area contributed by atoms with E-state index in [-0.39, 0.29) is 12.1 Å². The van der Waals surface area contributed by atoms with E-state index >= 15 is 0 Å². The first-order valence-electron chi connectivity index (χ1n) is 7.58. The van der Waals surface area contributed by atoms with Gasteiger partial charge < -0.3 is 4.74 Å². The summed E-state index contributed by atoms with van der Waals surface area (Å²) in [6.45, 7) is 2.07. The lowest BCUT2D eigenvalue weighted by atomic mass is 9.92. The van der Waals surface area contributed by atoms with Gasteiger partial charge in [0.15, 0.2) is 0 Å². The number of benzene rings is 2. The third-order valence-electron chi connectivity index (χ3n) is 3.95. The number of hydrogen-bond acceptors (Lipinski definition) is 2. The fourth-order valence-corrected chi connectivity index (χ4v) is 2.83. The molecule has 1 atom stereocenters. The van der Waals surface area contributed by atoms with Crippen LogP contribution in [-0.4, -0.2) is 18.1 Å². The fourth-order valence-electron chi connectivity index (χ4n) is 2.83. The third-order valence-corrected chi connectivity index (χ3v) is 3.95. The molecule has 1 amide bonds. The minimum atomic E-state index is -0.366. The Morgan fingerprint density at radius 1 is 1.09 bits per heavy atom. The Balaban J connectivity index is 2.11. The summed E-state index contributed by atoms with van der Waals surface area (Å²) < 4.78 is 4.91. The van der Waals surface area contributed by atoms with Crippen LogP contribution in [-0.2, 0) is 4.74 Å². The van der Waals surface area contributed by atoms with Gasteiger partial charge in [0.2, 0.25) is 0 Å². The number of carbonyl (C=O) groups is 1. The maximum atomic E-state index is 12.1. The number of nitrogens with zero attached hydrogens (tertiary/aromatic N) is 1. The van der Waals surface area contributed by atoms with E-state index < -0.39 is 0 Å². The van der Waals surface area contributed by atoms with Crippen LogP contribution < -0.4 is 0 Å². The van der Waals surface area contributed by atoms with Gasteiger partial charge >= 0.3 is 6.09 Å². The number of ether oxygens (including phenoxy) is 1. The highest BCUT2D eigenvalue weighted by molar-refractivity contribution is 5.74. The maximum Gasteiger partial charge on any atom is 0.414 e. The van der Waals surface area contributed by atoms with Crippen LogP contribution in [0.1, 0.15) is 17.2 Å². The minimum Gasteiger partial charge on any atom is -0.452 e. The van der Waals surface area contributed by atoms with E-state index in [1.807, 2.05) is 36.4 Å². The molecule has 3 rings (SSSR count). The van der Waals surface area contributed by atoms with Gasteiger partial charge in [-0.05, 0) is 29.7 Å². The standard InChI is InChI=1S/C20H19NO2/c1-15-11-12-17(18(14-15)16-8-4-3-5-9-16)19-10-6-7-13-21(19)20(22)23-2/h3-14,19H,1-2H3. The Hall–Kier alpha value is -2.81. The summed E-state index contributed by atoms with van der Waals surface area (Å²) in [6, 6.07) is 16.4. The molecule has 1 unspecified atom stereocenters. The molecule has 0 bridgehead atoms. The Kier molecular flexibility index (Phi) is 4.29. The molecule has 0 radical (unpaired) electrons. The molecule has 1 heterocycles. The third kappa shape index (κ3) is 3.04. The van der Waals surface area contributed by atoms with Gasteiger partial charge in [0.1, 0.15) is 0 Å². The lowest BCUT2D eigenvalue weighted by Gasteiger charge is -2.29. The molecule has 3 heteroatoms. The van der Waals surface area contributed by atoms with Crippen LogP contribution >= 0.6 is 0 Å². The molecule has 0 N–H and O–H groups in total. The van der Waals surface area contributed by atoms with Crippen LogP contribution in [0.4, 0.5) is 4.79 Å². The quantitative estimate of drug-likeness (QED) is 0.793. The first-order valence-corrected chi connectivity index (χ1v) is 7.58. The van der Waals surface area contributed by atoms with E-state index in [4.69, 9.17) is 4.74 Å². The van der Waals surface area contributed by atoms with Gasteiger partial charge in [-0.1, -0.05) is 66.2 Å². The van der Waals surface area contributed by atoms with E-state index in [0.717, 1.165) is 16.7 Å². The highest BCUT2D eigenvalue weighted by atomic mass is 16.5. The van der Waals surface area contributed by atoms with Gasteiger partial charge in [-0.15, -0.1) is 0 Å². The van der Waals surface area contributed by atoms with E-state index in [9.17, 15) is 4.79 Å². The topological polar surface area (TPSA) is 29.5 Å². The summed E-state index contributed by atoms with van der Waals surface area (Å²) in [5.41, 5.74) is 4.53. The Morgan fingerprint density at radius 2 is 1.87 bits per heavy atom. The summed E-state index contributed by atoms with van der Waals surface area (Å²) in [7, 11) is 1.40. The lowest BCUT2D eigenvalue weighted by Crippen LogP contribution is -2.30. The first kappa shape index (κ1) is 15.1. The van der Waals surface area contributed by atoms with Crippen molar-refractivity contribution in [3.05, 3.63) is 84.1 Å². The van der Waals surface area contributed by atoms with Crippen LogP contribution in [0.5, 0.6) is 0 Å². The number of amides is 1. The number of allylic oxidation sites excluding steroid dienone is 2. The van der Waals surface area contributed by atoms with Gasteiger partial charge in [0.25, 0.3) is 0 Å². The molecule has 0 aromatic heterocycles. The van der Waals surface area contributed by atoms with Crippen LogP contribution in [0.25, 0.3) is 11.1 Å². The van der Waals surface area contributed by atoms with Crippen LogP contribution in [0, 0.1) is 6.92 Å². The largest absolute Gasteiger partial charge is 0.452 e. The summed E-state index contributed by atoms with van der Waals surface area (Å²) in [5.74, 6) is 0. The van der Waals surface area contributed by atoms with Crippen molar-refractivity contribution >= 4 is 6.09 Å². The molecule has 0 fully saturated rings. The van der Waals surface area contributed by atoms with E-state index in [0.29, 0.717) is 0 Å². The molecule has 0 saturated heterocycles. The smallest absolute Gasteiger partial charge is 0.414 e. The molecule has 2 aromatic rings. The average Bonchev–Trinajstić information content (AvgIpc) is 2.62. The molecule has 2 aromatic carbocycles. The fraction of sp³-hybridized carbons (Fsp3) is 0.150. The van der Waals surface area contributed by atoms with E-state index in [1.165, 1.54) is 12.7 Å². The number of hydrogen-bond donors (Lipinski definition) is 0. The van der Waals surface area contributed by atoms with Crippen molar-refractivity contribution < 1.29 is 9.53 Å². The summed E-state index contributed by atoms with van der Waals surface area (Å²) in [4.78, 5) is 13.7. The minimum absolute atomic E-state index is 0.178. The molecule has 0 aliphatic carbocycles. The zero-order chi connectivity index (χ0) is 16.2. The normalized spacial score (nSPS) is 16.4. The van der Waals surface area contributed by atoms with Crippen molar-refractivity contribution in [1.82, 2.24) is 4.90 Å². The number of aryl methyl sites for hydroxylation is 1. The zero-order valence-electron chi connectivity index (χ0n) is 13.3. The summed E-state index contributed by atoms with van der Waals surface area (Å²) in [5, 5.41) is 0. The van der Waals surface area contributed by atoms with E-state index in [2.05, 4.69) is 37.3 Å². The molecule has 1 aliphatic rings. The molecule has 0 saturated carbocycles. The highest BCUT2D eigenvalue weighted by Gasteiger charge is 2.25. The van der Waals surface area contributed by atoms with Gasteiger partial charge in [0, 0.05) is 6.20 Å². The predicted octanol–water partition coefficient (Wildman–Crippen LogP) is 4.86. The second-order valence-electron chi connectivity index (χ2n) is 5.51. The van der Waals surface area contributed by atoms with Gasteiger partial charge in [-0.25, -0.2) is 4.79 Å². The van der Waals surface area contributed by atoms with Crippen molar-refractivity contribution in [3.8, 4) is 11.1 Å². The Morgan fingerprint density at radius 3 is 2.61 bits per heavy atom. The summed E-state index contributed by atoms with van der Waals surface area (Å²) >= 11 is 0. The average molecular weight is 305 g/mol. The van der Waals surface area contributed by atoms with Crippen LogP contribution in [0.2, 0.25) is 0 Å². The molecule has 23 heavy (non-hydrogen) atoms. The summed E-state index contributed by atoms with van der Waals surface area (Å²) in [6.07, 6.45) is 7.19. The second-order valence-corrected chi connectivity index (χ2v) is 5.51. The van der Waals surface area contributed by atoms with Crippen molar-refractivity contribution in [1.29, 1.82) is 0 Å². The molecule has 116 valence electrons. The highest BCUT2D eigenvalue weighted by Crippen LogP contribution is 2.34. The molecular formula is C20H19NO2. The molecular weight excluding hydrogens is 286 g/mol. The maximum absolute atomic E-state index is 12.1. The SMILES string of the molecule is COC(=O)N1C=CC=CC1c1ccc(C)cc1-c1ccccc1. The molecule has 3 nitrogen and oxygen atoms in total. The molecule has 0 spiro atoms. The van der Waals surface area contributed by atoms with Crippen LogP contribution in [0.3, 0.4) is 0 Å². The Labute approximate surface area is 136 Å². The molecule has 1 aliphatic heterocycles. The van der Waals surface area contributed by atoms with Crippen molar-refractivity contribution in [3.63, 3.8) is 0 Å². The predicted molar refractivity (Wildman–Crippen MR) is 91.9 cm³/mol. The second kappa shape index (κ2) is 6.53. The first-order chi connectivity index (χ1) is 11.2. The van der Waals surface area contributed by atoms with Crippen LogP contribution in [0.15, 0.2) is 73.0 Å². The zero-order valence-corrected chi connectivity index (χ0v) is 13.3.